The van der Waals surface area contributed by atoms with Crippen molar-refractivity contribution in [3.8, 4) is 23.3 Å². The van der Waals surface area contributed by atoms with Crippen LogP contribution in [0.5, 0.6) is 11.5 Å². The number of piperidine rings is 1. The van der Waals surface area contributed by atoms with Crippen LogP contribution in [-0.2, 0) is 21.4 Å². The van der Waals surface area contributed by atoms with Crippen molar-refractivity contribution in [2.24, 2.45) is 17.8 Å². The van der Waals surface area contributed by atoms with Gasteiger partial charge in [0.1, 0.15) is 17.6 Å². The molecular weight excluding hydrogens is 524 g/mol. The first-order chi connectivity index (χ1) is 20.2. The molecule has 2 aromatic rings. The molecule has 2 bridgehead atoms. The molecule has 2 saturated carbocycles. The number of hydrogen-bond acceptors (Lipinski definition) is 5. The second-order valence-electron chi connectivity index (χ2n) is 13.8. The molecule has 220 valence electrons. The largest absolute Gasteiger partial charge is 0.487 e. The van der Waals surface area contributed by atoms with Crippen LogP contribution in [0.1, 0.15) is 75.1 Å². The van der Waals surface area contributed by atoms with E-state index in [0.717, 1.165) is 67.1 Å². The van der Waals surface area contributed by atoms with E-state index < -0.39 is 0 Å². The predicted octanol–water partition coefficient (Wildman–Crippen LogP) is 5.27. The van der Waals surface area contributed by atoms with Crippen LogP contribution in [0.2, 0.25) is 0 Å². The predicted molar refractivity (Wildman–Crippen MR) is 161 cm³/mol. The minimum atomic E-state index is -0.288. The quantitative estimate of drug-likeness (QED) is 0.271. The summed E-state index contributed by atoms with van der Waals surface area (Å²) in [5.41, 5.74) is 4.21. The molecule has 1 spiro atoms. The van der Waals surface area contributed by atoms with E-state index in [1.807, 2.05) is 48.2 Å². The van der Waals surface area contributed by atoms with Crippen molar-refractivity contribution in [1.82, 2.24) is 9.80 Å². The van der Waals surface area contributed by atoms with Crippen molar-refractivity contribution in [3.05, 3.63) is 58.7 Å². The van der Waals surface area contributed by atoms with Gasteiger partial charge in [0, 0.05) is 54.1 Å². The molecule has 1 amide bonds. The molecule has 3 fully saturated rings. The van der Waals surface area contributed by atoms with Gasteiger partial charge >= 0.3 is 5.97 Å². The van der Waals surface area contributed by atoms with E-state index in [4.69, 9.17) is 9.47 Å². The zero-order valence-corrected chi connectivity index (χ0v) is 25.3. The fourth-order valence-corrected chi connectivity index (χ4v) is 8.71. The average molecular weight is 567 g/mol. The van der Waals surface area contributed by atoms with Crippen LogP contribution in [0.25, 0.3) is 0 Å². The Morgan fingerprint density at radius 2 is 2.00 bits per heavy atom. The Labute approximate surface area is 249 Å². The monoisotopic (exact) mass is 566 g/mol. The molecule has 3 aliphatic carbocycles. The summed E-state index contributed by atoms with van der Waals surface area (Å²) in [6, 6.07) is 12.3. The number of carbonyl (C=O) groups is 2. The number of esters is 1. The molecule has 2 heterocycles. The summed E-state index contributed by atoms with van der Waals surface area (Å²) in [5, 5.41) is 0. The SMILES string of the molecule is CC(=O)Oc1ccc2c3c1C[C@@H]1[C@@H]4CC[C@@H](N(CC(C)C)C(=O)C#Cc5cccc(C)c5)[C@H](O2)[C@]34CCN1CC1CC1. The zero-order valence-electron chi connectivity index (χ0n) is 25.3. The van der Waals surface area contributed by atoms with Gasteiger partial charge in [0.15, 0.2) is 0 Å². The highest BCUT2D eigenvalue weighted by atomic mass is 16.5. The highest BCUT2D eigenvalue weighted by Gasteiger charge is 2.66. The van der Waals surface area contributed by atoms with Crippen molar-refractivity contribution < 1.29 is 19.1 Å². The lowest BCUT2D eigenvalue weighted by Crippen LogP contribution is -2.69. The maximum absolute atomic E-state index is 13.9. The smallest absolute Gasteiger partial charge is 0.308 e. The number of nitrogens with zero attached hydrogens (tertiary/aromatic N) is 2. The summed E-state index contributed by atoms with van der Waals surface area (Å²) in [6.07, 6.45) is 6.40. The second kappa shape index (κ2) is 10.5. The van der Waals surface area contributed by atoms with Gasteiger partial charge in [-0.15, -0.1) is 0 Å². The number of rotatable bonds is 6. The topological polar surface area (TPSA) is 59.1 Å². The molecule has 7 rings (SSSR count). The summed E-state index contributed by atoms with van der Waals surface area (Å²) in [4.78, 5) is 30.8. The third-order valence-electron chi connectivity index (χ3n) is 10.4. The molecule has 6 nitrogen and oxygen atoms in total. The van der Waals surface area contributed by atoms with Gasteiger partial charge < -0.3 is 14.4 Å². The van der Waals surface area contributed by atoms with Gasteiger partial charge in [0.25, 0.3) is 5.91 Å². The van der Waals surface area contributed by atoms with Crippen molar-refractivity contribution in [2.75, 3.05) is 19.6 Å². The lowest BCUT2D eigenvalue weighted by atomic mass is 9.50. The molecule has 2 aromatic carbocycles. The van der Waals surface area contributed by atoms with E-state index >= 15 is 0 Å². The van der Waals surface area contributed by atoms with Crippen molar-refractivity contribution in [2.45, 2.75) is 89.8 Å². The van der Waals surface area contributed by atoms with Crippen molar-refractivity contribution in [1.29, 1.82) is 0 Å². The van der Waals surface area contributed by atoms with E-state index in [0.29, 0.717) is 30.2 Å². The first kappa shape index (κ1) is 27.5. The van der Waals surface area contributed by atoms with Gasteiger partial charge in [-0.2, -0.15) is 0 Å². The Morgan fingerprint density at radius 3 is 2.74 bits per heavy atom. The van der Waals surface area contributed by atoms with Gasteiger partial charge in [-0.25, -0.2) is 0 Å². The Morgan fingerprint density at radius 1 is 1.17 bits per heavy atom. The molecule has 0 N–H and O–H groups in total. The minimum Gasteiger partial charge on any atom is -0.487 e. The Kier molecular flexibility index (Phi) is 6.85. The van der Waals surface area contributed by atoms with Crippen LogP contribution in [0.3, 0.4) is 0 Å². The summed E-state index contributed by atoms with van der Waals surface area (Å²) < 4.78 is 12.8. The fourth-order valence-electron chi connectivity index (χ4n) is 8.71. The van der Waals surface area contributed by atoms with E-state index in [1.165, 1.54) is 25.3 Å². The maximum atomic E-state index is 13.9. The molecule has 6 heteroatoms. The van der Waals surface area contributed by atoms with Gasteiger partial charge in [-0.05, 0) is 99.6 Å². The number of aryl methyl sites for hydroxylation is 1. The van der Waals surface area contributed by atoms with E-state index in [9.17, 15) is 9.59 Å². The van der Waals surface area contributed by atoms with Crippen LogP contribution >= 0.6 is 0 Å². The normalized spacial score (nSPS) is 28.8. The molecule has 5 atom stereocenters. The Bertz CT molecular complexity index is 1480. The van der Waals surface area contributed by atoms with Crippen LogP contribution in [0.15, 0.2) is 36.4 Å². The first-order valence-electron chi connectivity index (χ1n) is 15.9. The van der Waals surface area contributed by atoms with Crippen molar-refractivity contribution in [3.63, 3.8) is 0 Å². The summed E-state index contributed by atoms with van der Waals surface area (Å²) in [7, 11) is 0. The number of amides is 1. The Hall–Kier alpha value is -3.30. The zero-order chi connectivity index (χ0) is 29.2. The molecule has 1 saturated heterocycles. The molecule has 42 heavy (non-hydrogen) atoms. The van der Waals surface area contributed by atoms with Crippen molar-refractivity contribution >= 4 is 11.9 Å². The number of hydrogen-bond donors (Lipinski definition) is 0. The van der Waals surface area contributed by atoms with Crippen LogP contribution < -0.4 is 9.47 Å². The lowest BCUT2D eigenvalue weighted by Gasteiger charge is -2.60. The number of likely N-dealkylation sites (tertiary alicyclic amines) is 1. The molecule has 0 aromatic heterocycles. The first-order valence-corrected chi connectivity index (χ1v) is 15.9. The van der Waals surface area contributed by atoms with Gasteiger partial charge in [-0.3, -0.25) is 14.5 Å². The lowest BCUT2D eigenvalue weighted by molar-refractivity contribution is -0.138. The molecular formula is C36H42N2O4. The molecule has 0 unspecified atom stereocenters. The van der Waals surface area contributed by atoms with Gasteiger partial charge in [-0.1, -0.05) is 31.9 Å². The number of carbonyl (C=O) groups excluding carboxylic acids is 2. The number of ether oxygens (including phenoxy) is 2. The van der Waals surface area contributed by atoms with E-state index in [1.54, 1.807) is 0 Å². The maximum Gasteiger partial charge on any atom is 0.308 e. The van der Waals surface area contributed by atoms with Gasteiger partial charge in [0.2, 0.25) is 0 Å². The van der Waals surface area contributed by atoms with Crippen LogP contribution in [0, 0.1) is 36.5 Å². The summed E-state index contributed by atoms with van der Waals surface area (Å²) >= 11 is 0. The molecule has 5 aliphatic rings. The highest BCUT2D eigenvalue weighted by molar-refractivity contribution is 5.94. The second-order valence-corrected chi connectivity index (χ2v) is 13.8. The summed E-state index contributed by atoms with van der Waals surface area (Å²) in [5.74, 6) is 8.92. The van der Waals surface area contributed by atoms with Crippen LogP contribution in [0.4, 0.5) is 0 Å². The minimum absolute atomic E-state index is 0.0610. The Balaban J connectivity index is 1.28. The molecule has 2 aliphatic heterocycles. The average Bonchev–Trinajstić information content (AvgIpc) is 3.70. The third kappa shape index (κ3) is 4.61. The van der Waals surface area contributed by atoms with E-state index in [2.05, 4.69) is 30.6 Å². The van der Waals surface area contributed by atoms with Gasteiger partial charge in [0.05, 0.1) is 6.04 Å². The van der Waals surface area contributed by atoms with E-state index in [-0.39, 0.29) is 29.4 Å². The third-order valence-corrected chi connectivity index (χ3v) is 10.4. The highest BCUT2D eigenvalue weighted by Crippen LogP contribution is 2.64. The standard InChI is InChI=1S/C36H42N2O4/c1-22(2)20-38(33(40)15-10-25-7-5-6-23(3)18-25)29-12-11-28-30-19-27-31(41-24(4)39)13-14-32-34(27)36(28,35(29)42-32)16-17-37(30)21-26-8-9-26/h5-7,13-14,18,22,26,28-30,35H,8-9,11-12,16-17,19-21H2,1-4H3/t28-,29+,30+,35-,36-/m0/s1. The summed E-state index contributed by atoms with van der Waals surface area (Å²) in [6.45, 7) is 10.7. The van der Waals surface area contributed by atoms with Crippen LogP contribution in [-0.4, -0.2) is 59.5 Å². The molecule has 0 radical (unpaired) electrons. The fraction of sp³-hybridized carbons (Fsp3) is 0.556. The number of benzene rings is 2.